The van der Waals surface area contributed by atoms with Crippen molar-refractivity contribution in [2.24, 2.45) is 0 Å². The molecule has 1 nitrogen and oxygen atoms in total. The minimum Gasteiger partial charge on any atom is -0.302 e. The molecule has 136 valence electrons. The second kappa shape index (κ2) is 13.2. The summed E-state index contributed by atoms with van der Waals surface area (Å²) in [5.41, 5.74) is 3.88. The second-order valence-electron chi connectivity index (χ2n) is 7.36. The molecule has 0 N–H and O–H groups in total. The van der Waals surface area contributed by atoms with E-state index in [0.717, 1.165) is 12.1 Å². The Balaban J connectivity index is 2.08. The van der Waals surface area contributed by atoms with Gasteiger partial charge in [0.25, 0.3) is 0 Å². The third-order valence-electron chi connectivity index (χ3n) is 4.81. The van der Waals surface area contributed by atoms with E-state index in [-0.39, 0.29) is 0 Å². The zero-order chi connectivity index (χ0) is 17.6. The molecule has 0 heterocycles. The lowest BCUT2D eigenvalue weighted by Crippen LogP contribution is -2.19. The summed E-state index contributed by atoms with van der Waals surface area (Å²) < 4.78 is 0. The van der Waals surface area contributed by atoms with E-state index in [9.17, 15) is 0 Å². The van der Waals surface area contributed by atoms with Gasteiger partial charge in [-0.05, 0) is 38.1 Å². The Morgan fingerprint density at radius 2 is 1.42 bits per heavy atom. The first-order chi connectivity index (χ1) is 11.6. The van der Waals surface area contributed by atoms with E-state index >= 15 is 0 Å². The molecule has 0 aliphatic rings. The first kappa shape index (κ1) is 21.0. The number of hydrogen-bond donors (Lipinski definition) is 0. The Kier molecular flexibility index (Phi) is 11.6. The van der Waals surface area contributed by atoms with Crippen molar-refractivity contribution in [2.75, 3.05) is 13.6 Å². The Hall–Kier alpha value is -1.08. The van der Waals surface area contributed by atoms with Gasteiger partial charge in [0.05, 0.1) is 0 Å². The summed E-state index contributed by atoms with van der Waals surface area (Å²) in [4.78, 5) is 2.45. The van der Waals surface area contributed by atoms with E-state index in [0.29, 0.717) is 0 Å². The lowest BCUT2D eigenvalue weighted by atomic mass is 10.0. The van der Waals surface area contributed by atoms with Crippen LogP contribution in [0.4, 0.5) is 0 Å². The molecule has 1 rings (SSSR count). The van der Waals surface area contributed by atoms with Crippen LogP contribution >= 0.6 is 0 Å². The van der Waals surface area contributed by atoms with Crippen LogP contribution in [0.1, 0.15) is 89.2 Å². The van der Waals surface area contributed by atoms with Crippen molar-refractivity contribution in [1.29, 1.82) is 0 Å². The van der Waals surface area contributed by atoms with Crippen molar-refractivity contribution in [3.8, 4) is 0 Å². The summed E-state index contributed by atoms with van der Waals surface area (Å²) in [6.07, 6.45) is 14.1. The highest BCUT2D eigenvalue weighted by atomic mass is 15.1. The van der Waals surface area contributed by atoms with Crippen LogP contribution in [0.15, 0.2) is 30.8 Å². The van der Waals surface area contributed by atoms with Crippen molar-refractivity contribution < 1.29 is 0 Å². The van der Waals surface area contributed by atoms with Crippen LogP contribution in [0.2, 0.25) is 0 Å². The van der Waals surface area contributed by atoms with E-state index in [1.165, 1.54) is 81.9 Å². The third-order valence-corrected chi connectivity index (χ3v) is 4.81. The van der Waals surface area contributed by atoms with Gasteiger partial charge in [-0.2, -0.15) is 0 Å². The van der Waals surface area contributed by atoms with Crippen LogP contribution in [-0.2, 0) is 6.54 Å². The highest BCUT2D eigenvalue weighted by Crippen LogP contribution is 2.18. The molecule has 0 spiro atoms. The molecule has 1 aromatic rings. The zero-order valence-corrected chi connectivity index (χ0v) is 16.4. The number of benzene rings is 1. The molecule has 0 unspecified atom stereocenters. The number of nitrogens with zero attached hydrogens (tertiary/aromatic N) is 1. The minimum absolute atomic E-state index is 1.03. The molecule has 1 heteroatoms. The van der Waals surface area contributed by atoms with Crippen molar-refractivity contribution in [2.45, 2.75) is 84.6 Å². The molecule has 0 aliphatic carbocycles. The summed E-state index contributed by atoms with van der Waals surface area (Å²) >= 11 is 0. The Morgan fingerprint density at radius 3 is 2.00 bits per heavy atom. The highest BCUT2D eigenvalue weighted by Gasteiger charge is 2.05. The minimum atomic E-state index is 1.03. The molecule has 24 heavy (non-hydrogen) atoms. The molecule has 0 aliphatic heterocycles. The average molecular weight is 330 g/mol. The quantitative estimate of drug-likeness (QED) is 0.330. The largest absolute Gasteiger partial charge is 0.302 e. The van der Waals surface area contributed by atoms with Gasteiger partial charge < -0.3 is 4.90 Å². The first-order valence-electron chi connectivity index (χ1n) is 10.1. The summed E-state index contributed by atoms with van der Waals surface area (Å²) in [5, 5.41) is 0. The fourth-order valence-corrected chi connectivity index (χ4v) is 3.31. The summed E-state index contributed by atoms with van der Waals surface area (Å²) in [5.74, 6) is 0. The molecule has 0 saturated carbocycles. The average Bonchev–Trinajstić information content (AvgIpc) is 2.57. The van der Waals surface area contributed by atoms with Gasteiger partial charge in [0.15, 0.2) is 0 Å². The fraction of sp³-hybridized carbons (Fsp3) is 0.652. The molecule has 0 aromatic heterocycles. The van der Waals surface area contributed by atoms with Gasteiger partial charge >= 0.3 is 0 Å². The standard InChI is InChI=1S/C23H39N/c1-5-6-7-8-9-10-11-12-13-16-19-24(4)20-22-17-14-15-18-23(22)21(2)3/h14-15,17-18H,2,5-13,16,19-20H2,1,3-4H3. The van der Waals surface area contributed by atoms with Crippen LogP contribution in [-0.4, -0.2) is 18.5 Å². The van der Waals surface area contributed by atoms with Crippen LogP contribution in [0.25, 0.3) is 5.57 Å². The molecule has 0 saturated heterocycles. The van der Waals surface area contributed by atoms with Gasteiger partial charge in [-0.15, -0.1) is 0 Å². The molecule has 0 fully saturated rings. The van der Waals surface area contributed by atoms with Gasteiger partial charge in [-0.1, -0.05) is 101 Å². The van der Waals surface area contributed by atoms with Gasteiger partial charge in [0.2, 0.25) is 0 Å². The highest BCUT2D eigenvalue weighted by molar-refractivity contribution is 5.64. The lowest BCUT2D eigenvalue weighted by molar-refractivity contribution is 0.316. The van der Waals surface area contributed by atoms with Crippen LogP contribution in [0, 0.1) is 0 Å². The Labute approximate surface area is 151 Å². The van der Waals surface area contributed by atoms with Crippen LogP contribution < -0.4 is 0 Å². The van der Waals surface area contributed by atoms with E-state index in [1.807, 2.05) is 0 Å². The molecule has 0 atom stereocenters. The van der Waals surface area contributed by atoms with E-state index in [1.54, 1.807) is 0 Å². The van der Waals surface area contributed by atoms with Crippen molar-refractivity contribution in [3.05, 3.63) is 42.0 Å². The number of unbranched alkanes of at least 4 members (excludes halogenated alkanes) is 9. The SMILES string of the molecule is C=C(C)c1ccccc1CN(C)CCCCCCCCCCCC. The second-order valence-corrected chi connectivity index (χ2v) is 7.36. The number of allylic oxidation sites excluding steroid dienone is 1. The zero-order valence-electron chi connectivity index (χ0n) is 16.4. The Morgan fingerprint density at radius 1 is 0.875 bits per heavy atom. The predicted molar refractivity (Wildman–Crippen MR) is 109 cm³/mol. The van der Waals surface area contributed by atoms with Crippen molar-refractivity contribution >= 4 is 5.57 Å². The van der Waals surface area contributed by atoms with Gasteiger partial charge in [0, 0.05) is 6.54 Å². The molecular weight excluding hydrogens is 290 g/mol. The summed E-state index contributed by atoms with van der Waals surface area (Å²) in [6.45, 7) is 10.7. The van der Waals surface area contributed by atoms with E-state index in [2.05, 4.69) is 56.6 Å². The number of rotatable bonds is 14. The topological polar surface area (TPSA) is 3.24 Å². The fourth-order valence-electron chi connectivity index (χ4n) is 3.31. The van der Waals surface area contributed by atoms with Gasteiger partial charge in [-0.25, -0.2) is 0 Å². The normalized spacial score (nSPS) is 11.2. The number of hydrogen-bond acceptors (Lipinski definition) is 1. The molecular formula is C23H39N. The maximum absolute atomic E-state index is 4.10. The Bertz CT molecular complexity index is 449. The monoisotopic (exact) mass is 329 g/mol. The summed E-state index contributed by atoms with van der Waals surface area (Å²) in [6, 6.07) is 8.66. The summed E-state index contributed by atoms with van der Waals surface area (Å²) in [7, 11) is 2.24. The smallest absolute Gasteiger partial charge is 0.0236 e. The van der Waals surface area contributed by atoms with E-state index < -0.39 is 0 Å². The predicted octanol–water partition coefficient (Wildman–Crippen LogP) is 7.07. The van der Waals surface area contributed by atoms with Crippen molar-refractivity contribution in [3.63, 3.8) is 0 Å². The maximum Gasteiger partial charge on any atom is 0.0236 e. The first-order valence-corrected chi connectivity index (χ1v) is 10.1. The lowest BCUT2D eigenvalue weighted by Gasteiger charge is -2.19. The van der Waals surface area contributed by atoms with Crippen LogP contribution in [0.5, 0.6) is 0 Å². The van der Waals surface area contributed by atoms with Crippen LogP contribution in [0.3, 0.4) is 0 Å². The van der Waals surface area contributed by atoms with Crippen molar-refractivity contribution in [1.82, 2.24) is 4.90 Å². The van der Waals surface area contributed by atoms with Gasteiger partial charge in [0.1, 0.15) is 0 Å². The molecule has 0 bridgehead atoms. The third kappa shape index (κ3) is 9.27. The maximum atomic E-state index is 4.10. The van der Waals surface area contributed by atoms with Gasteiger partial charge in [-0.3, -0.25) is 0 Å². The molecule has 1 aromatic carbocycles. The van der Waals surface area contributed by atoms with E-state index in [4.69, 9.17) is 0 Å². The molecule has 0 amide bonds. The molecule has 0 radical (unpaired) electrons.